The number of carbonyl (C=O) groups is 3. The molecule has 2 atom stereocenters. The zero-order chi connectivity index (χ0) is 29.9. The summed E-state index contributed by atoms with van der Waals surface area (Å²) in [6.07, 6.45) is 3.01. The Morgan fingerprint density at radius 1 is 1.16 bits per heavy atom. The number of nitrogens with two attached hydrogens (primary N) is 1. The molecule has 1 aliphatic rings. The molecule has 0 fully saturated rings. The number of halogens is 1. The molecule has 2 heterocycles. The lowest BCUT2D eigenvalue weighted by atomic mass is 10.0. The molecule has 5 N–H and O–H groups in total. The maximum atomic E-state index is 13.6. The average molecular weight is 616 g/mol. The first kappa shape index (κ1) is 33.3. The van der Waals surface area contributed by atoms with Crippen LogP contribution in [0.4, 0.5) is 0 Å². The van der Waals surface area contributed by atoms with Crippen molar-refractivity contribution < 1.29 is 29.0 Å². The molecular weight excluding hydrogens is 578 g/mol. The molecule has 0 spiro atoms. The third kappa shape index (κ3) is 9.14. The number of nitrogens with zero attached hydrogens (tertiary/aromatic N) is 4. The van der Waals surface area contributed by atoms with Gasteiger partial charge in [0.25, 0.3) is 5.91 Å². The Labute approximate surface area is 256 Å². The number of ether oxygens (including phenoxy) is 2. The SMILES string of the molecule is COc1cccc2c1OCCCn1cc(nn1)CCN(C(=O)[C@H](N)CO)CCNC(=O)[C@H](Cc1ccccc1)NC2=O.Cl. The van der Waals surface area contributed by atoms with E-state index in [-0.39, 0.29) is 56.4 Å². The van der Waals surface area contributed by atoms with Crippen LogP contribution in [-0.2, 0) is 29.0 Å². The van der Waals surface area contributed by atoms with Crippen molar-refractivity contribution in [2.24, 2.45) is 5.73 Å². The van der Waals surface area contributed by atoms with Gasteiger partial charge in [-0.2, -0.15) is 0 Å². The number of aromatic nitrogens is 3. The van der Waals surface area contributed by atoms with E-state index in [0.717, 1.165) is 5.56 Å². The fourth-order valence-electron chi connectivity index (χ4n) is 4.59. The van der Waals surface area contributed by atoms with E-state index in [4.69, 9.17) is 15.2 Å². The van der Waals surface area contributed by atoms with Gasteiger partial charge in [-0.3, -0.25) is 19.1 Å². The standard InChI is InChI=1S/C29H37N7O6.ClH/c1-41-25-10-5-9-22-26(25)42-16-6-13-36-18-21(33-34-36)11-14-35(29(40)23(30)19-37)15-12-31-28(39)24(32-27(22)38)17-20-7-3-2-4-8-20;/h2-5,7-10,18,23-24,37H,6,11-17,19,30H2,1H3,(H,31,39)(H,32,38);1H/t23-,24+;/m1./s1. The quantitative estimate of drug-likeness (QED) is 0.315. The summed E-state index contributed by atoms with van der Waals surface area (Å²) in [5.74, 6) is -0.682. The number of hydrogen-bond donors (Lipinski definition) is 4. The molecule has 0 saturated carbocycles. The van der Waals surface area contributed by atoms with E-state index >= 15 is 0 Å². The zero-order valence-corrected chi connectivity index (χ0v) is 24.8. The fourth-order valence-corrected chi connectivity index (χ4v) is 4.59. The normalized spacial score (nSPS) is 17.4. The van der Waals surface area contributed by atoms with Gasteiger partial charge in [-0.1, -0.05) is 41.6 Å². The highest BCUT2D eigenvalue weighted by molar-refractivity contribution is 6.00. The van der Waals surface area contributed by atoms with E-state index in [2.05, 4.69) is 20.9 Å². The Morgan fingerprint density at radius 2 is 1.95 bits per heavy atom. The molecule has 4 rings (SSSR count). The topological polar surface area (TPSA) is 174 Å². The fraction of sp³-hybridized carbons (Fsp3) is 0.414. The van der Waals surface area contributed by atoms with Crippen LogP contribution in [0.25, 0.3) is 0 Å². The van der Waals surface area contributed by atoms with Gasteiger partial charge in [-0.25, -0.2) is 0 Å². The molecule has 0 radical (unpaired) electrons. The van der Waals surface area contributed by atoms with Crippen LogP contribution in [-0.4, -0.2) is 94.8 Å². The van der Waals surface area contributed by atoms with Gasteiger partial charge in [0.05, 0.1) is 31.6 Å². The largest absolute Gasteiger partial charge is 0.493 e. The Hall–Kier alpha value is -4.20. The third-order valence-corrected chi connectivity index (χ3v) is 6.86. The molecule has 2 bridgehead atoms. The summed E-state index contributed by atoms with van der Waals surface area (Å²) in [5.41, 5.74) is 7.59. The van der Waals surface area contributed by atoms with Crippen LogP contribution in [0.5, 0.6) is 11.5 Å². The minimum absolute atomic E-state index is 0. The molecule has 13 nitrogen and oxygen atoms in total. The molecule has 3 amide bonds. The van der Waals surface area contributed by atoms with Crippen LogP contribution < -0.4 is 25.8 Å². The number of aryl methyl sites for hydroxylation is 1. The van der Waals surface area contributed by atoms with Gasteiger partial charge >= 0.3 is 0 Å². The first-order valence-corrected chi connectivity index (χ1v) is 13.9. The summed E-state index contributed by atoms with van der Waals surface area (Å²) in [4.78, 5) is 41.3. The molecule has 43 heavy (non-hydrogen) atoms. The lowest BCUT2D eigenvalue weighted by Crippen LogP contribution is -2.51. The molecule has 232 valence electrons. The highest BCUT2D eigenvalue weighted by atomic mass is 35.5. The lowest BCUT2D eigenvalue weighted by molar-refractivity contribution is -0.134. The molecule has 0 unspecified atom stereocenters. The van der Waals surface area contributed by atoms with Crippen LogP contribution in [0.3, 0.4) is 0 Å². The predicted octanol–water partition coefficient (Wildman–Crippen LogP) is 0.339. The van der Waals surface area contributed by atoms with E-state index in [0.29, 0.717) is 30.8 Å². The van der Waals surface area contributed by atoms with E-state index < -0.39 is 36.4 Å². The second-order valence-electron chi connectivity index (χ2n) is 9.88. The highest BCUT2D eigenvalue weighted by Gasteiger charge is 2.26. The van der Waals surface area contributed by atoms with Gasteiger partial charge in [0.1, 0.15) is 12.1 Å². The van der Waals surface area contributed by atoms with E-state index in [1.807, 2.05) is 30.3 Å². The molecule has 0 aliphatic carbocycles. The molecule has 2 aromatic carbocycles. The van der Waals surface area contributed by atoms with Crippen LogP contribution >= 0.6 is 12.4 Å². The lowest BCUT2D eigenvalue weighted by Gasteiger charge is -2.26. The summed E-state index contributed by atoms with van der Waals surface area (Å²) < 4.78 is 13.2. The van der Waals surface area contributed by atoms with Crippen LogP contribution in [0.2, 0.25) is 0 Å². The minimum atomic E-state index is -1.08. The van der Waals surface area contributed by atoms with Gasteiger partial charge in [-0.15, -0.1) is 17.5 Å². The minimum Gasteiger partial charge on any atom is -0.493 e. The number of amides is 3. The second-order valence-corrected chi connectivity index (χ2v) is 9.88. The molecule has 0 saturated heterocycles. The molecular formula is C29H38ClN7O6. The van der Waals surface area contributed by atoms with Crippen LogP contribution in [0.1, 0.15) is 28.0 Å². The zero-order valence-electron chi connectivity index (χ0n) is 24.0. The van der Waals surface area contributed by atoms with Crippen molar-refractivity contribution in [3.8, 4) is 11.5 Å². The Bertz CT molecular complexity index is 1360. The number of carbonyl (C=O) groups excluding carboxylic acids is 3. The first-order valence-electron chi connectivity index (χ1n) is 13.9. The summed E-state index contributed by atoms with van der Waals surface area (Å²) in [6.45, 7) is 0.793. The monoisotopic (exact) mass is 615 g/mol. The van der Waals surface area contributed by atoms with Crippen molar-refractivity contribution in [1.82, 2.24) is 30.5 Å². The van der Waals surface area contributed by atoms with Gasteiger partial charge < -0.3 is 35.8 Å². The number of aliphatic hydroxyl groups excluding tert-OH is 1. The van der Waals surface area contributed by atoms with Crippen LogP contribution in [0.15, 0.2) is 54.7 Å². The third-order valence-electron chi connectivity index (χ3n) is 6.86. The van der Waals surface area contributed by atoms with Crippen molar-refractivity contribution in [2.45, 2.75) is 37.9 Å². The van der Waals surface area contributed by atoms with Gasteiger partial charge in [0.15, 0.2) is 11.5 Å². The maximum Gasteiger partial charge on any atom is 0.255 e. The van der Waals surface area contributed by atoms with Crippen molar-refractivity contribution in [1.29, 1.82) is 0 Å². The Balaban J connectivity index is 0.00000506. The van der Waals surface area contributed by atoms with Gasteiger partial charge in [0.2, 0.25) is 11.8 Å². The number of hydrogen-bond acceptors (Lipinski definition) is 9. The molecule has 1 aliphatic heterocycles. The molecule has 1 aromatic heterocycles. The number of para-hydroxylation sites is 1. The Morgan fingerprint density at radius 3 is 2.70 bits per heavy atom. The predicted molar refractivity (Wildman–Crippen MR) is 160 cm³/mol. The number of aliphatic hydroxyl groups is 1. The molecule has 14 heteroatoms. The van der Waals surface area contributed by atoms with Crippen LogP contribution in [0, 0.1) is 0 Å². The van der Waals surface area contributed by atoms with Gasteiger partial charge in [0, 0.05) is 51.6 Å². The van der Waals surface area contributed by atoms with E-state index in [1.165, 1.54) is 12.0 Å². The summed E-state index contributed by atoms with van der Waals surface area (Å²) in [5, 5.41) is 23.5. The number of fused-ring (bicyclic) bond motifs is 3. The number of rotatable bonds is 5. The molecule has 3 aromatic rings. The second kappa shape index (κ2) is 16.4. The summed E-state index contributed by atoms with van der Waals surface area (Å²) in [6, 6.07) is 12.3. The van der Waals surface area contributed by atoms with Gasteiger partial charge in [-0.05, 0) is 17.7 Å². The van der Waals surface area contributed by atoms with Crippen molar-refractivity contribution in [3.63, 3.8) is 0 Å². The van der Waals surface area contributed by atoms with Crippen molar-refractivity contribution in [3.05, 3.63) is 71.5 Å². The summed E-state index contributed by atoms with van der Waals surface area (Å²) >= 11 is 0. The number of benzene rings is 2. The average Bonchev–Trinajstić information content (AvgIpc) is 3.47. The number of methoxy groups -OCH3 is 1. The van der Waals surface area contributed by atoms with Crippen molar-refractivity contribution >= 4 is 30.1 Å². The van der Waals surface area contributed by atoms with E-state index in [1.54, 1.807) is 29.1 Å². The van der Waals surface area contributed by atoms with E-state index in [9.17, 15) is 19.5 Å². The number of nitrogens with one attached hydrogen (secondary N) is 2. The smallest absolute Gasteiger partial charge is 0.255 e. The highest BCUT2D eigenvalue weighted by Crippen LogP contribution is 2.31. The maximum absolute atomic E-state index is 13.6. The Kier molecular flexibility index (Phi) is 12.7. The van der Waals surface area contributed by atoms with Crippen molar-refractivity contribution in [2.75, 3.05) is 40.0 Å². The first-order chi connectivity index (χ1) is 20.4. The summed E-state index contributed by atoms with van der Waals surface area (Å²) in [7, 11) is 1.50.